The number of carbonyl (C=O) groups is 1. The van der Waals surface area contributed by atoms with Crippen molar-refractivity contribution >= 4 is 5.91 Å². The molecule has 3 rings (SSSR count). The smallest absolute Gasteiger partial charge is 0.355 e. The molecule has 2 heterocycles. The van der Waals surface area contributed by atoms with E-state index in [1.807, 2.05) is 30.3 Å². The normalized spacial score (nSPS) is 20.7. The molecule has 1 N–H and O–H groups in total. The molecule has 1 saturated heterocycles. The second-order valence-electron chi connectivity index (χ2n) is 7.05. The first-order chi connectivity index (χ1) is 12.8. The summed E-state index contributed by atoms with van der Waals surface area (Å²) in [6, 6.07) is 9.33. The number of nitrogens with zero attached hydrogens (tertiary/aromatic N) is 3. The van der Waals surface area contributed by atoms with Crippen molar-refractivity contribution in [1.29, 1.82) is 0 Å². The van der Waals surface area contributed by atoms with Crippen LogP contribution in [0.2, 0.25) is 0 Å². The molecule has 0 radical (unpaired) electrons. The highest BCUT2D eigenvalue weighted by atomic mass is 19.4. The van der Waals surface area contributed by atoms with Crippen LogP contribution in [0.15, 0.2) is 42.7 Å². The van der Waals surface area contributed by atoms with Crippen LogP contribution in [0.1, 0.15) is 17.5 Å². The van der Waals surface area contributed by atoms with Crippen LogP contribution in [0, 0.1) is 5.41 Å². The number of aromatic nitrogens is 2. The zero-order chi connectivity index (χ0) is 19.5. The van der Waals surface area contributed by atoms with Crippen LogP contribution < -0.4 is 5.32 Å². The molecule has 8 heteroatoms. The van der Waals surface area contributed by atoms with Crippen LogP contribution in [-0.2, 0) is 24.8 Å². The van der Waals surface area contributed by atoms with Gasteiger partial charge in [0.05, 0.1) is 6.20 Å². The molecule has 1 unspecified atom stereocenters. The van der Waals surface area contributed by atoms with Gasteiger partial charge in [-0.3, -0.25) is 14.4 Å². The van der Waals surface area contributed by atoms with Gasteiger partial charge in [0.2, 0.25) is 5.91 Å². The van der Waals surface area contributed by atoms with E-state index in [-0.39, 0.29) is 26.1 Å². The van der Waals surface area contributed by atoms with Crippen molar-refractivity contribution in [1.82, 2.24) is 20.0 Å². The molecule has 1 aliphatic heterocycles. The van der Waals surface area contributed by atoms with E-state index in [0.717, 1.165) is 11.1 Å². The van der Waals surface area contributed by atoms with E-state index in [4.69, 9.17) is 0 Å². The molecule has 2 aromatic rings. The summed E-state index contributed by atoms with van der Waals surface area (Å²) < 4.78 is 43.1. The Balaban J connectivity index is 1.63. The fourth-order valence-electron chi connectivity index (χ4n) is 3.50. The lowest BCUT2D eigenvalue weighted by molar-refractivity contribution is -0.218. The number of benzene rings is 1. The van der Waals surface area contributed by atoms with Crippen LogP contribution >= 0.6 is 0 Å². The number of halogens is 3. The third-order valence-electron chi connectivity index (χ3n) is 5.03. The lowest BCUT2D eigenvalue weighted by Gasteiger charge is -2.30. The molecule has 146 valence electrons. The summed E-state index contributed by atoms with van der Waals surface area (Å²) in [6.45, 7) is 0.483. The van der Waals surface area contributed by atoms with Gasteiger partial charge in [0.1, 0.15) is 0 Å². The summed E-state index contributed by atoms with van der Waals surface area (Å²) in [5.41, 5.74) is -0.542. The minimum atomic E-state index is -4.59. The second kappa shape index (κ2) is 7.72. The zero-order valence-electron chi connectivity index (χ0n) is 15.2. The van der Waals surface area contributed by atoms with E-state index in [1.54, 1.807) is 29.0 Å². The topological polar surface area (TPSA) is 50.2 Å². The van der Waals surface area contributed by atoms with Gasteiger partial charge in [-0.15, -0.1) is 0 Å². The molecule has 1 amide bonds. The van der Waals surface area contributed by atoms with Crippen molar-refractivity contribution in [3.63, 3.8) is 0 Å². The second-order valence-corrected chi connectivity index (χ2v) is 7.05. The van der Waals surface area contributed by atoms with Crippen molar-refractivity contribution in [2.75, 3.05) is 19.6 Å². The Hall–Kier alpha value is -2.35. The lowest BCUT2D eigenvalue weighted by Crippen LogP contribution is -2.52. The van der Waals surface area contributed by atoms with Gasteiger partial charge in [-0.1, -0.05) is 30.3 Å². The Bertz CT molecular complexity index is 775. The van der Waals surface area contributed by atoms with E-state index < -0.39 is 17.5 Å². The highest BCUT2D eigenvalue weighted by Crippen LogP contribution is 2.46. The number of rotatable bonds is 6. The summed E-state index contributed by atoms with van der Waals surface area (Å²) in [7, 11) is 1.76. The molecule has 1 aromatic heterocycles. The SMILES string of the molecule is Cn1cc(CCNC(=O)C2(C(F)(F)F)CCN(Cc3ccccc3)C2)cn1. The Morgan fingerprint density at radius 2 is 2.00 bits per heavy atom. The lowest BCUT2D eigenvalue weighted by atomic mass is 9.85. The summed E-state index contributed by atoms with van der Waals surface area (Å²) in [4.78, 5) is 14.2. The fraction of sp³-hybridized carbons (Fsp3) is 0.474. The van der Waals surface area contributed by atoms with Gasteiger partial charge in [-0.05, 0) is 30.5 Å². The van der Waals surface area contributed by atoms with Crippen LogP contribution in [-0.4, -0.2) is 46.4 Å². The Labute approximate surface area is 156 Å². The van der Waals surface area contributed by atoms with E-state index in [2.05, 4.69) is 10.4 Å². The first-order valence-electron chi connectivity index (χ1n) is 8.89. The van der Waals surface area contributed by atoms with Crippen molar-refractivity contribution in [2.45, 2.75) is 25.6 Å². The third kappa shape index (κ3) is 4.32. The monoisotopic (exact) mass is 380 g/mol. The Morgan fingerprint density at radius 3 is 2.63 bits per heavy atom. The predicted octanol–water partition coefficient (Wildman–Crippen LogP) is 2.53. The zero-order valence-corrected chi connectivity index (χ0v) is 15.2. The van der Waals surface area contributed by atoms with Crippen molar-refractivity contribution in [3.05, 3.63) is 53.9 Å². The van der Waals surface area contributed by atoms with Gasteiger partial charge >= 0.3 is 6.18 Å². The van der Waals surface area contributed by atoms with Crippen molar-refractivity contribution in [2.24, 2.45) is 12.5 Å². The highest BCUT2D eigenvalue weighted by Gasteiger charge is 2.62. The maximum Gasteiger partial charge on any atom is 0.404 e. The predicted molar refractivity (Wildman–Crippen MR) is 94.7 cm³/mol. The summed E-state index contributed by atoms with van der Waals surface area (Å²) in [5.74, 6) is -0.936. The molecular weight excluding hydrogens is 357 g/mol. The molecule has 1 fully saturated rings. The number of likely N-dealkylation sites (tertiary alicyclic amines) is 1. The standard InChI is InChI=1S/C19H23F3N4O/c1-25-12-16(11-24-25)7-9-23-17(27)18(19(20,21)22)8-10-26(14-18)13-15-5-3-2-4-6-15/h2-6,11-12H,7-10,13-14H2,1H3,(H,23,27). The average molecular weight is 380 g/mol. The average Bonchev–Trinajstić information content (AvgIpc) is 3.22. The van der Waals surface area contributed by atoms with Crippen LogP contribution in [0.25, 0.3) is 0 Å². The minimum absolute atomic E-state index is 0.154. The number of amides is 1. The number of alkyl halides is 3. The Morgan fingerprint density at radius 1 is 1.26 bits per heavy atom. The van der Waals surface area contributed by atoms with Crippen molar-refractivity contribution < 1.29 is 18.0 Å². The van der Waals surface area contributed by atoms with Gasteiger partial charge in [0.25, 0.3) is 0 Å². The molecule has 5 nitrogen and oxygen atoms in total. The number of hydrogen-bond acceptors (Lipinski definition) is 3. The van der Waals surface area contributed by atoms with Gasteiger partial charge in [0, 0.05) is 32.9 Å². The molecule has 0 saturated carbocycles. The Kier molecular flexibility index (Phi) is 5.55. The molecule has 27 heavy (non-hydrogen) atoms. The van der Waals surface area contributed by atoms with E-state index in [0.29, 0.717) is 13.0 Å². The van der Waals surface area contributed by atoms with Gasteiger partial charge < -0.3 is 5.32 Å². The molecule has 1 aromatic carbocycles. The van der Waals surface area contributed by atoms with E-state index in [9.17, 15) is 18.0 Å². The highest BCUT2D eigenvalue weighted by molar-refractivity contribution is 5.84. The fourth-order valence-corrected chi connectivity index (χ4v) is 3.50. The number of nitrogens with one attached hydrogen (secondary N) is 1. The maximum atomic E-state index is 13.8. The number of carbonyl (C=O) groups excluding carboxylic acids is 1. The molecule has 1 atom stereocenters. The van der Waals surface area contributed by atoms with E-state index >= 15 is 0 Å². The summed E-state index contributed by atoms with van der Waals surface area (Å²) in [6.07, 6.45) is -0.939. The van der Waals surface area contributed by atoms with E-state index in [1.165, 1.54) is 0 Å². The van der Waals surface area contributed by atoms with Gasteiger partial charge in [-0.25, -0.2) is 0 Å². The quantitative estimate of drug-likeness (QED) is 0.838. The minimum Gasteiger partial charge on any atom is -0.355 e. The molecular formula is C19H23F3N4O. The number of hydrogen-bond donors (Lipinski definition) is 1. The third-order valence-corrected chi connectivity index (χ3v) is 5.03. The first-order valence-corrected chi connectivity index (χ1v) is 8.89. The molecule has 0 bridgehead atoms. The van der Waals surface area contributed by atoms with Gasteiger partial charge in [0.15, 0.2) is 5.41 Å². The largest absolute Gasteiger partial charge is 0.404 e. The molecule has 0 aliphatic carbocycles. The van der Waals surface area contributed by atoms with Gasteiger partial charge in [-0.2, -0.15) is 18.3 Å². The first kappa shape index (κ1) is 19.4. The molecule has 1 aliphatic rings. The van der Waals surface area contributed by atoms with Crippen LogP contribution in [0.4, 0.5) is 13.2 Å². The summed E-state index contributed by atoms with van der Waals surface area (Å²) in [5, 5.41) is 6.50. The van der Waals surface area contributed by atoms with Crippen LogP contribution in [0.3, 0.4) is 0 Å². The van der Waals surface area contributed by atoms with Crippen molar-refractivity contribution in [3.8, 4) is 0 Å². The number of aryl methyl sites for hydroxylation is 1. The molecule has 0 spiro atoms. The summed E-state index contributed by atoms with van der Waals surface area (Å²) >= 11 is 0. The van der Waals surface area contributed by atoms with Crippen LogP contribution in [0.5, 0.6) is 0 Å². The maximum absolute atomic E-state index is 13.8.